The third kappa shape index (κ3) is 3.43. The van der Waals surface area contributed by atoms with Gasteiger partial charge in [-0.1, -0.05) is 11.6 Å². The zero-order chi connectivity index (χ0) is 13.7. The van der Waals surface area contributed by atoms with Crippen LogP contribution in [-0.4, -0.2) is 41.5 Å². The Morgan fingerprint density at radius 1 is 1.50 bits per heavy atom. The van der Waals surface area contributed by atoms with E-state index >= 15 is 0 Å². The first-order valence-corrected chi connectivity index (χ1v) is 5.82. The average molecular weight is 271 g/mol. The molecule has 1 aromatic heterocycles. The van der Waals surface area contributed by atoms with E-state index in [0.717, 1.165) is 0 Å². The van der Waals surface area contributed by atoms with Gasteiger partial charge in [0.1, 0.15) is 6.54 Å². The summed E-state index contributed by atoms with van der Waals surface area (Å²) >= 11 is 5.93. The normalized spacial score (nSPS) is 10.3. The zero-order valence-corrected chi connectivity index (χ0v) is 11.3. The third-order valence-electron chi connectivity index (χ3n) is 2.41. The number of aromatic nitrogens is 1. The first-order valence-electron chi connectivity index (χ1n) is 5.44. The van der Waals surface area contributed by atoms with Gasteiger partial charge in [-0.05, 0) is 19.9 Å². The molecular formula is C12H15ClN2O3. The monoisotopic (exact) mass is 270 g/mol. The SMILES string of the molecule is COC(=O)CN(C(=O)c1cnccc1Cl)C(C)C. The van der Waals surface area contributed by atoms with Crippen LogP contribution in [0.4, 0.5) is 0 Å². The molecule has 0 radical (unpaired) electrons. The van der Waals surface area contributed by atoms with Crippen molar-refractivity contribution in [1.82, 2.24) is 9.88 Å². The molecule has 18 heavy (non-hydrogen) atoms. The van der Waals surface area contributed by atoms with Crippen LogP contribution in [0, 0.1) is 0 Å². The highest BCUT2D eigenvalue weighted by Gasteiger charge is 2.23. The van der Waals surface area contributed by atoms with Crippen molar-refractivity contribution in [2.75, 3.05) is 13.7 Å². The highest BCUT2D eigenvalue weighted by molar-refractivity contribution is 6.33. The minimum Gasteiger partial charge on any atom is -0.468 e. The second kappa shape index (κ2) is 6.35. The van der Waals surface area contributed by atoms with Crippen LogP contribution in [0.1, 0.15) is 24.2 Å². The standard InChI is InChI=1S/C12H15ClN2O3/c1-8(2)15(7-11(16)18-3)12(17)9-6-14-5-4-10(9)13/h4-6,8H,7H2,1-3H3. The smallest absolute Gasteiger partial charge is 0.325 e. The highest BCUT2D eigenvalue weighted by Crippen LogP contribution is 2.17. The number of hydrogen-bond donors (Lipinski definition) is 0. The molecule has 0 saturated heterocycles. The Hall–Kier alpha value is -1.62. The van der Waals surface area contributed by atoms with Gasteiger partial charge in [0.2, 0.25) is 0 Å². The number of amides is 1. The summed E-state index contributed by atoms with van der Waals surface area (Å²) in [5, 5.41) is 0.311. The molecule has 0 aliphatic rings. The predicted octanol–water partition coefficient (Wildman–Crippen LogP) is 1.76. The maximum atomic E-state index is 12.3. The number of halogens is 1. The Morgan fingerprint density at radius 2 is 2.17 bits per heavy atom. The van der Waals surface area contributed by atoms with Crippen molar-refractivity contribution in [1.29, 1.82) is 0 Å². The summed E-state index contributed by atoms with van der Waals surface area (Å²) in [4.78, 5) is 28.8. The maximum absolute atomic E-state index is 12.3. The van der Waals surface area contributed by atoms with Crippen molar-refractivity contribution < 1.29 is 14.3 Å². The van der Waals surface area contributed by atoms with Crippen molar-refractivity contribution in [3.63, 3.8) is 0 Å². The lowest BCUT2D eigenvalue weighted by molar-refractivity contribution is -0.141. The number of nitrogens with zero attached hydrogens (tertiary/aromatic N) is 2. The molecule has 0 bridgehead atoms. The van der Waals surface area contributed by atoms with Crippen LogP contribution >= 0.6 is 11.6 Å². The fraction of sp³-hybridized carbons (Fsp3) is 0.417. The summed E-state index contributed by atoms with van der Waals surface area (Å²) in [5.74, 6) is -0.814. The van der Waals surface area contributed by atoms with Gasteiger partial charge in [-0.2, -0.15) is 0 Å². The first kappa shape index (κ1) is 14.4. The van der Waals surface area contributed by atoms with E-state index in [1.807, 2.05) is 13.8 Å². The Morgan fingerprint density at radius 3 is 2.67 bits per heavy atom. The summed E-state index contributed by atoms with van der Waals surface area (Å²) in [6.45, 7) is 3.51. The number of ether oxygens (including phenoxy) is 1. The largest absolute Gasteiger partial charge is 0.468 e. The van der Waals surface area contributed by atoms with Crippen LogP contribution in [0.3, 0.4) is 0 Å². The summed E-state index contributed by atoms with van der Waals surface area (Å²) < 4.78 is 4.57. The molecule has 1 heterocycles. The molecule has 0 aliphatic carbocycles. The van der Waals surface area contributed by atoms with Crippen LogP contribution in [0.25, 0.3) is 0 Å². The summed E-state index contributed by atoms with van der Waals surface area (Å²) in [5.41, 5.74) is 0.275. The third-order valence-corrected chi connectivity index (χ3v) is 2.74. The lowest BCUT2D eigenvalue weighted by Crippen LogP contribution is -2.41. The Bertz CT molecular complexity index is 449. The van der Waals surface area contributed by atoms with Crippen molar-refractivity contribution in [2.24, 2.45) is 0 Å². The van der Waals surface area contributed by atoms with E-state index in [0.29, 0.717) is 5.02 Å². The summed E-state index contributed by atoms with van der Waals surface area (Å²) in [7, 11) is 1.28. The maximum Gasteiger partial charge on any atom is 0.325 e. The molecule has 1 aromatic rings. The minimum atomic E-state index is -0.475. The van der Waals surface area contributed by atoms with Gasteiger partial charge < -0.3 is 9.64 Å². The quantitative estimate of drug-likeness (QED) is 0.782. The molecule has 0 aromatic carbocycles. The van der Waals surface area contributed by atoms with E-state index in [-0.39, 0.29) is 24.1 Å². The molecule has 0 unspecified atom stereocenters. The number of hydrogen-bond acceptors (Lipinski definition) is 4. The van der Waals surface area contributed by atoms with Gasteiger partial charge in [-0.25, -0.2) is 0 Å². The number of esters is 1. The number of pyridine rings is 1. The van der Waals surface area contributed by atoms with Gasteiger partial charge in [0.05, 0.1) is 17.7 Å². The van der Waals surface area contributed by atoms with Gasteiger partial charge in [0.15, 0.2) is 0 Å². The Labute approximate surface area is 111 Å². The molecule has 5 nitrogen and oxygen atoms in total. The molecule has 0 fully saturated rings. The van der Waals surface area contributed by atoms with Crippen LogP contribution in [0.2, 0.25) is 5.02 Å². The molecule has 0 saturated carbocycles. The average Bonchev–Trinajstić information content (AvgIpc) is 2.35. The van der Waals surface area contributed by atoms with Gasteiger partial charge in [-0.15, -0.1) is 0 Å². The second-order valence-corrected chi connectivity index (χ2v) is 4.37. The van der Waals surface area contributed by atoms with Gasteiger partial charge in [0, 0.05) is 18.4 Å². The second-order valence-electron chi connectivity index (χ2n) is 3.96. The summed E-state index contributed by atoms with van der Waals surface area (Å²) in [6.07, 6.45) is 2.89. The predicted molar refractivity (Wildman–Crippen MR) is 67.4 cm³/mol. The topological polar surface area (TPSA) is 59.5 Å². The van der Waals surface area contributed by atoms with Gasteiger partial charge >= 0.3 is 5.97 Å². The van der Waals surface area contributed by atoms with E-state index < -0.39 is 5.97 Å². The van der Waals surface area contributed by atoms with E-state index in [9.17, 15) is 9.59 Å². The van der Waals surface area contributed by atoms with E-state index in [1.165, 1.54) is 30.5 Å². The van der Waals surface area contributed by atoms with E-state index in [4.69, 9.17) is 11.6 Å². The van der Waals surface area contributed by atoms with Crippen LogP contribution in [0.5, 0.6) is 0 Å². The van der Waals surface area contributed by atoms with Crippen molar-refractivity contribution in [3.8, 4) is 0 Å². The van der Waals surface area contributed by atoms with Crippen molar-refractivity contribution in [2.45, 2.75) is 19.9 Å². The van der Waals surface area contributed by atoms with Crippen molar-refractivity contribution >= 4 is 23.5 Å². The van der Waals surface area contributed by atoms with Gasteiger partial charge in [-0.3, -0.25) is 14.6 Å². The molecule has 0 aliphatic heterocycles. The van der Waals surface area contributed by atoms with Crippen LogP contribution in [-0.2, 0) is 9.53 Å². The Balaban J connectivity index is 2.97. The van der Waals surface area contributed by atoms with Gasteiger partial charge in [0.25, 0.3) is 5.91 Å². The number of carbonyl (C=O) groups excluding carboxylic acids is 2. The van der Waals surface area contributed by atoms with E-state index in [2.05, 4.69) is 9.72 Å². The minimum absolute atomic E-state index is 0.113. The van der Waals surface area contributed by atoms with Crippen molar-refractivity contribution in [3.05, 3.63) is 29.0 Å². The summed E-state index contributed by atoms with van der Waals surface area (Å²) in [6, 6.07) is 1.39. The molecule has 1 rings (SSSR count). The fourth-order valence-electron chi connectivity index (χ4n) is 1.38. The van der Waals surface area contributed by atoms with E-state index in [1.54, 1.807) is 0 Å². The fourth-order valence-corrected chi connectivity index (χ4v) is 1.57. The lowest BCUT2D eigenvalue weighted by atomic mass is 10.2. The molecular weight excluding hydrogens is 256 g/mol. The highest BCUT2D eigenvalue weighted by atomic mass is 35.5. The molecule has 0 atom stereocenters. The zero-order valence-electron chi connectivity index (χ0n) is 10.5. The lowest BCUT2D eigenvalue weighted by Gasteiger charge is -2.25. The Kier molecular flexibility index (Phi) is 5.09. The number of rotatable bonds is 4. The molecule has 0 spiro atoms. The molecule has 98 valence electrons. The molecule has 1 amide bonds. The molecule has 0 N–H and O–H groups in total. The number of carbonyl (C=O) groups is 2. The van der Waals surface area contributed by atoms with Crippen LogP contribution in [0.15, 0.2) is 18.5 Å². The number of methoxy groups -OCH3 is 1. The first-order chi connectivity index (χ1) is 8.47. The van der Waals surface area contributed by atoms with Crippen LogP contribution < -0.4 is 0 Å². The molecule has 6 heteroatoms.